The Kier molecular flexibility index (Phi) is 4.81. The van der Waals surface area contributed by atoms with Gasteiger partial charge in [-0.05, 0) is 44.8 Å². The number of nitrogens with zero attached hydrogens (tertiary/aromatic N) is 1. The van der Waals surface area contributed by atoms with Crippen LogP contribution in [-0.2, 0) is 10.3 Å². The fourth-order valence-electron chi connectivity index (χ4n) is 3.30. The summed E-state index contributed by atoms with van der Waals surface area (Å²) >= 11 is 0. The van der Waals surface area contributed by atoms with E-state index in [4.69, 9.17) is 0 Å². The molecule has 1 aliphatic rings. The molecule has 0 bridgehead atoms. The highest BCUT2D eigenvalue weighted by Gasteiger charge is 2.44. The molecule has 110 valence electrons. The van der Waals surface area contributed by atoms with Gasteiger partial charge in [-0.15, -0.1) is 0 Å². The van der Waals surface area contributed by atoms with E-state index in [1.807, 2.05) is 38.1 Å². The van der Waals surface area contributed by atoms with Crippen molar-refractivity contribution in [2.45, 2.75) is 51.5 Å². The molecule has 2 rings (SSSR count). The second-order valence-corrected chi connectivity index (χ2v) is 5.79. The van der Waals surface area contributed by atoms with E-state index in [2.05, 4.69) is 4.90 Å². The van der Waals surface area contributed by atoms with Gasteiger partial charge < -0.3 is 5.11 Å². The van der Waals surface area contributed by atoms with Crippen molar-refractivity contribution >= 4 is 5.97 Å². The number of carboxylic acid groups (broad SMARTS) is 1. The van der Waals surface area contributed by atoms with Gasteiger partial charge in [0, 0.05) is 0 Å². The van der Waals surface area contributed by atoms with Gasteiger partial charge in [-0.2, -0.15) is 0 Å². The van der Waals surface area contributed by atoms with Gasteiger partial charge in [-0.25, -0.2) is 4.79 Å². The predicted molar refractivity (Wildman–Crippen MR) is 80.8 cm³/mol. The first-order valence-corrected chi connectivity index (χ1v) is 7.67. The molecule has 0 aliphatic carbocycles. The minimum atomic E-state index is -0.863. The number of aryl methyl sites for hydroxylation is 1. The summed E-state index contributed by atoms with van der Waals surface area (Å²) in [5, 5.41) is 9.95. The summed E-state index contributed by atoms with van der Waals surface area (Å²) in [6.07, 6.45) is 5.22. The van der Waals surface area contributed by atoms with Crippen LogP contribution < -0.4 is 0 Å². The van der Waals surface area contributed by atoms with Crippen LogP contribution in [0.15, 0.2) is 24.3 Å². The summed E-state index contributed by atoms with van der Waals surface area (Å²) in [7, 11) is 0. The van der Waals surface area contributed by atoms with E-state index in [1.165, 1.54) is 18.4 Å². The van der Waals surface area contributed by atoms with Crippen LogP contribution in [0.5, 0.6) is 0 Å². The fourth-order valence-corrected chi connectivity index (χ4v) is 3.30. The van der Waals surface area contributed by atoms with Crippen LogP contribution in [0.3, 0.4) is 0 Å². The van der Waals surface area contributed by atoms with E-state index in [-0.39, 0.29) is 0 Å². The fraction of sp³-hybridized carbons (Fsp3) is 0.588. The summed E-state index contributed by atoms with van der Waals surface area (Å²) in [6.45, 7) is 5.78. The molecule has 1 heterocycles. The van der Waals surface area contributed by atoms with Crippen molar-refractivity contribution in [1.82, 2.24) is 4.90 Å². The third-order valence-corrected chi connectivity index (χ3v) is 4.54. The second-order valence-electron chi connectivity index (χ2n) is 5.79. The molecule has 3 nitrogen and oxygen atoms in total. The van der Waals surface area contributed by atoms with Crippen LogP contribution in [0.2, 0.25) is 0 Å². The first-order chi connectivity index (χ1) is 9.61. The van der Waals surface area contributed by atoms with Crippen molar-refractivity contribution in [1.29, 1.82) is 0 Å². The molecule has 1 aromatic carbocycles. The third kappa shape index (κ3) is 2.73. The first-order valence-electron chi connectivity index (χ1n) is 7.67. The Morgan fingerprint density at radius 3 is 2.15 bits per heavy atom. The molecule has 1 atom stereocenters. The Morgan fingerprint density at radius 2 is 1.70 bits per heavy atom. The first kappa shape index (κ1) is 15.0. The number of carboxylic acids is 1. The highest BCUT2D eigenvalue weighted by atomic mass is 16.4. The molecule has 1 fully saturated rings. The van der Waals surface area contributed by atoms with Crippen molar-refractivity contribution in [3.05, 3.63) is 35.4 Å². The smallest absolute Gasteiger partial charge is 0.328 e. The van der Waals surface area contributed by atoms with Gasteiger partial charge in [0.05, 0.1) is 0 Å². The van der Waals surface area contributed by atoms with Crippen LogP contribution in [0.4, 0.5) is 0 Å². The van der Waals surface area contributed by atoms with Crippen LogP contribution in [0.1, 0.15) is 50.2 Å². The average molecular weight is 275 g/mol. The van der Waals surface area contributed by atoms with Gasteiger partial charge in [-0.3, -0.25) is 4.90 Å². The molecule has 1 N–H and O–H groups in total. The molecule has 0 aromatic heterocycles. The zero-order chi connectivity index (χ0) is 14.6. The Bertz CT molecular complexity index is 447. The number of hydrogen-bond donors (Lipinski definition) is 1. The zero-order valence-electron chi connectivity index (χ0n) is 12.6. The molecule has 20 heavy (non-hydrogen) atoms. The number of benzene rings is 1. The Morgan fingerprint density at radius 1 is 1.15 bits per heavy atom. The Labute approximate surface area is 121 Å². The molecule has 3 heteroatoms. The topological polar surface area (TPSA) is 40.5 Å². The zero-order valence-corrected chi connectivity index (χ0v) is 12.6. The SMILES string of the molecule is CCC(C(=O)O)(c1ccc(C)cc1)N1CCCCCC1. The van der Waals surface area contributed by atoms with Crippen molar-refractivity contribution in [3.8, 4) is 0 Å². The van der Waals surface area contributed by atoms with E-state index in [9.17, 15) is 9.90 Å². The summed E-state index contributed by atoms with van der Waals surface area (Å²) in [5.41, 5.74) is 1.22. The second kappa shape index (κ2) is 6.40. The van der Waals surface area contributed by atoms with Gasteiger partial charge >= 0.3 is 5.97 Å². The Hall–Kier alpha value is -1.35. The monoisotopic (exact) mass is 275 g/mol. The predicted octanol–water partition coefficient (Wildman–Crippen LogP) is 3.56. The summed E-state index contributed by atoms with van der Waals surface area (Å²) in [6, 6.07) is 8.00. The number of aliphatic carboxylic acids is 1. The van der Waals surface area contributed by atoms with Crippen molar-refractivity contribution in [2.75, 3.05) is 13.1 Å². The van der Waals surface area contributed by atoms with Gasteiger partial charge in [0.15, 0.2) is 0 Å². The molecule has 1 saturated heterocycles. The summed E-state index contributed by atoms with van der Waals surface area (Å²) in [4.78, 5) is 14.3. The lowest BCUT2D eigenvalue weighted by molar-refractivity contribution is -0.153. The third-order valence-electron chi connectivity index (χ3n) is 4.54. The molecule has 1 aromatic rings. The molecule has 0 amide bonds. The lowest BCUT2D eigenvalue weighted by Gasteiger charge is -2.40. The maximum atomic E-state index is 12.1. The maximum absolute atomic E-state index is 12.1. The molecule has 0 spiro atoms. The highest BCUT2D eigenvalue weighted by molar-refractivity contribution is 5.80. The van der Waals surface area contributed by atoms with Crippen LogP contribution in [-0.4, -0.2) is 29.1 Å². The number of hydrogen-bond acceptors (Lipinski definition) is 2. The van der Waals surface area contributed by atoms with Crippen LogP contribution in [0, 0.1) is 6.92 Å². The summed E-state index contributed by atoms with van der Waals surface area (Å²) < 4.78 is 0. The average Bonchev–Trinajstić information content (AvgIpc) is 2.71. The van der Waals surface area contributed by atoms with E-state index in [0.29, 0.717) is 6.42 Å². The minimum Gasteiger partial charge on any atom is -0.480 e. The molecule has 0 saturated carbocycles. The molecule has 1 unspecified atom stereocenters. The lowest BCUT2D eigenvalue weighted by Crippen LogP contribution is -2.52. The number of rotatable bonds is 4. The quantitative estimate of drug-likeness (QED) is 0.913. The van der Waals surface area contributed by atoms with Gasteiger partial charge in [-0.1, -0.05) is 49.6 Å². The normalized spacial score (nSPS) is 20.1. The molecular weight excluding hydrogens is 250 g/mol. The number of likely N-dealkylation sites (tertiary alicyclic amines) is 1. The molecular formula is C17H25NO2. The number of carbonyl (C=O) groups is 1. The maximum Gasteiger partial charge on any atom is 0.328 e. The van der Waals surface area contributed by atoms with Gasteiger partial charge in [0.2, 0.25) is 0 Å². The van der Waals surface area contributed by atoms with Crippen molar-refractivity contribution in [3.63, 3.8) is 0 Å². The standard InChI is InChI=1S/C17H25NO2/c1-3-17(16(19)20,15-10-8-14(2)9-11-15)18-12-6-4-5-7-13-18/h8-11H,3-7,12-13H2,1-2H3,(H,19,20). The summed E-state index contributed by atoms with van der Waals surface area (Å²) in [5.74, 6) is -0.717. The van der Waals surface area contributed by atoms with E-state index < -0.39 is 11.5 Å². The van der Waals surface area contributed by atoms with Crippen molar-refractivity contribution in [2.24, 2.45) is 0 Å². The largest absolute Gasteiger partial charge is 0.480 e. The Balaban J connectivity index is 2.43. The van der Waals surface area contributed by atoms with Crippen LogP contribution in [0.25, 0.3) is 0 Å². The minimum absolute atomic E-state index is 0.603. The van der Waals surface area contributed by atoms with E-state index >= 15 is 0 Å². The van der Waals surface area contributed by atoms with Gasteiger partial charge in [0.1, 0.15) is 5.54 Å². The van der Waals surface area contributed by atoms with E-state index in [1.54, 1.807) is 0 Å². The van der Waals surface area contributed by atoms with E-state index in [0.717, 1.165) is 31.5 Å². The molecule has 0 radical (unpaired) electrons. The lowest BCUT2D eigenvalue weighted by atomic mass is 9.84. The molecule has 1 aliphatic heterocycles. The van der Waals surface area contributed by atoms with Crippen LogP contribution >= 0.6 is 0 Å². The highest BCUT2D eigenvalue weighted by Crippen LogP contribution is 2.34. The van der Waals surface area contributed by atoms with Gasteiger partial charge in [0.25, 0.3) is 0 Å². The van der Waals surface area contributed by atoms with Crippen molar-refractivity contribution < 1.29 is 9.90 Å².